The molecule has 0 saturated carbocycles. The molecule has 1 aliphatic rings. The van der Waals surface area contributed by atoms with Gasteiger partial charge in [-0.15, -0.1) is 0 Å². The van der Waals surface area contributed by atoms with Gasteiger partial charge in [-0.3, -0.25) is 0 Å². The van der Waals surface area contributed by atoms with Crippen LogP contribution in [0.1, 0.15) is 59.2 Å². The Morgan fingerprint density at radius 2 is 1.88 bits per heavy atom. The van der Waals surface area contributed by atoms with Gasteiger partial charge < -0.3 is 9.72 Å². The van der Waals surface area contributed by atoms with Gasteiger partial charge in [-0.05, 0) is 64.0 Å². The van der Waals surface area contributed by atoms with Crippen LogP contribution >= 0.6 is 0 Å². The lowest BCUT2D eigenvalue weighted by Gasteiger charge is -2.30. The van der Waals surface area contributed by atoms with Gasteiger partial charge in [-0.1, -0.05) is 20.4 Å². The molecule has 1 N–H and O–H groups in total. The van der Waals surface area contributed by atoms with Crippen LogP contribution in [0.3, 0.4) is 0 Å². The highest BCUT2D eigenvalue weighted by atomic mass is 32.2. The number of fused-ring (bicyclic) bond motifs is 1. The number of aromatic nitrogens is 1. The maximum absolute atomic E-state index is 13.9. The number of hydrogen-bond acceptors (Lipinski definition) is 3. The first-order valence-corrected chi connectivity index (χ1v) is 12.7. The smallest absolute Gasteiger partial charge is 0.177 e. The molecule has 1 aromatic rings. The number of alkyl halides is 2. The summed E-state index contributed by atoms with van der Waals surface area (Å²) in [6.45, 7) is 12.0. The zero-order valence-electron chi connectivity index (χ0n) is 20.6. The second-order valence-corrected chi connectivity index (χ2v) is 10.1. The van der Waals surface area contributed by atoms with Gasteiger partial charge in [0.25, 0.3) is 0 Å². The van der Waals surface area contributed by atoms with Crippen molar-refractivity contribution in [1.29, 1.82) is 0 Å². The monoisotopic (exact) mass is 495 g/mol. The number of halogens is 4. The zero-order chi connectivity index (χ0) is 26.0. The lowest BCUT2D eigenvalue weighted by Crippen LogP contribution is -2.31. The number of allylic oxidation sites excluding steroid dienone is 4. The second kappa shape index (κ2) is 13.6. The number of H-pyrrole nitrogens is 1. The van der Waals surface area contributed by atoms with Crippen molar-refractivity contribution in [2.75, 3.05) is 19.5 Å². The number of aromatic amines is 1. The molecule has 1 heterocycles. The maximum Gasteiger partial charge on any atom is 0.177 e. The Balaban J connectivity index is 0.000000589. The van der Waals surface area contributed by atoms with Gasteiger partial charge in [0.15, 0.2) is 15.6 Å². The van der Waals surface area contributed by atoms with E-state index in [2.05, 4.69) is 16.3 Å². The van der Waals surface area contributed by atoms with Crippen LogP contribution in [0.25, 0.3) is 0 Å². The van der Waals surface area contributed by atoms with Crippen molar-refractivity contribution in [3.05, 3.63) is 53.1 Å². The second-order valence-electron chi connectivity index (χ2n) is 8.09. The molecule has 190 valence electrons. The van der Waals surface area contributed by atoms with E-state index in [9.17, 15) is 26.0 Å². The predicted octanol–water partition coefficient (Wildman–Crippen LogP) is 6.90. The Hall–Kier alpha value is -2.03. The summed E-state index contributed by atoms with van der Waals surface area (Å²) in [7, 11) is -3.18. The SMILES string of the molecule is C=C(C)/C(F)=C\C(OCCF)=C(/C)F.CC.CC(C)(F)C1CCc2c(S(C)(=O)=O)c[nH]c2C1. The number of sulfone groups is 1. The lowest BCUT2D eigenvalue weighted by molar-refractivity contribution is 0.112. The molecule has 0 amide bonds. The van der Waals surface area contributed by atoms with Crippen LogP contribution in [0.2, 0.25) is 0 Å². The number of hydrogen-bond donors (Lipinski definition) is 1. The first kappa shape index (κ1) is 31.0. The Morgan fingerprint density at radius 1 is 1.30 bits per heavy atom. The molecule has 1 unspecified atom stereocenters. The van der Waals surface area contributed by atoms with E-state index in [1.54, 1.807) is 13.8 Å². The van der Waals surface area contributed by atoms with Crippen LogP contribution in [-0.4, -0.2) is 38.6 Å². The van der Waals surface area contributed by atoms with Gasteiger partial charge in [-0.2, -0.15) is 0 Å². The van der Waals surface area contributed by atoms with E-state index in [-0.39, 0.29) is 23.9 Å². The van der Waals surface area contributed by atoms with Crippen molar-refractivity contribution in [1.82, 2.24) is 4.98 Å². The summed E-state index contributed by atoms with van der Waals surface area (Å²) in [6, 6.07) is 0. The van der Waals surface area contributed by atoms with Crippen molar-refractivity contribution in [2.45, 2.75) is 71.4 Å². The van der Waals surface area contributed by atoms with E-state index >= 15 is 0 Å². The third-order valence-electron chi connectivity index (χ3n) is 4.94. The molecule has 0 fully saturated rings. The topological polar surface area (TPSA) is 59.2 Å². The Morgan fingerprint density at radius 3 is 2.30 bits per heavy atom. The first-order valence-electron chi connectivity index (χ1n) is 10.8. The van der Waals surface area contributed by atoms with Crippen LogP contribution < -0.4 is 0 Å². The van der Waals surface area contributed by atoms with E-state index < -0.39 is 33.8 Å². The van der Waals surface area contributed by atoms with Crippen molar-refractivity contribution < 1.29 is 30.7 Å². The molecule has 9 heteroatoms. The van der Waals surface area contributed by atoms with Gasteiger partial charge in [0, 0.05) is 24.2 Å². The average molecular weight is 496 g/mol. The third kappa shape index (κ3) is 10.2. The number of rotatable bonds is 7. The minimum atomic E-state index is -3.18. The molecule has 0 bridgehead atoms. The Bertz CT molecular complexity index is 937. The normalized spacial score (nSPS) is 16.9. The van der Waals surface area contributed by atoms with Crippen molar-refractivity contribution in [2.24, 2.45) is 5.92 Å². The molecule has 0 aromatic carbocycles. The summed E-state index contributed by atoms with van der Waals surface area (Å²) in [5, 5.41) is 0. The number of nitrogens with one attached hydrogen (secondary N) is 1. The highest BCUT2D eigenvalue weighted by Crippen LogP contribution is 2.36. The summed E-state index contributed by atoms with van der Waals surface area (Å²) in [5.74, 6) is -1.73. The predicted molar refractivity (Wildman–Crippen MR) is 126 cm³/mol. The summed E-state index contributed by atoms with van der Waals surface area (Å²) < 4.78 is 79.0. The van der Waals surface area contributed by atoms with Gasteiger partial charge in [-0.25, -0.2) is 26.0 Å². The van der Waals surface area contributed by atoms with Crippen LogP contribution in [0.4, 0.5) is 17.6 Å². The van der Waals surface area contributed by atoms with E-state index in [0.717, 1.165) is 24.3 Å². The summed E-state index contributed by atoms with van der Waals surface area (Å²) in [5.41, 5.74) is 0.682. The van der Waals surface area contributed by atoms with Crippen LogP contribution in [0, 0.1) is 5.92 Å². The summed E-state index contributed by atoms with van der Waals surface area (Å²) >= 11 is 0. The largest absolute Gasteiger partial charge is 0.488 e. The van der Waals surface area contributed by atoms with Gasteiger partial charge in [0.2, 0.25) is 0 Å². The fraction of sp³-hybridized carbons (Fsp3) is 0.583. The highest BCUT2D eigenvalue weighted by molar-refractivity contribution is 7.90. The maximum atomic E-state index is 13.9. The molecule has 1 aliphatic carbocycles. The fourth-order valence-corrected chi connectivity index (χ4v) is 4.09. The van der Waals surface area contributed by atoms with Crippen molar-refractivity contribution >= 4 is 9.84 Å². The van der Waals surface area contributed by atoms with E-state index in [1.807, 2.05) is 13.8 Å². The molecule has 2 rings (SSSR count). The average Bonchev–Trinajstić information content (AvgIpc) is 3.15. The molecular formula is C24H37F4NO3S. The Kier molecular flexibility index (Phi) is 12.8. The Labute approximate surface area is 195 Å². The molecule has 0 saturated heterocycles. The van der Waals surface area contributed by atoms with Crippen LogP contribution in [0.15, 0.2) is 46.7 Å². The summed E-state index contributed by atoms with van der Waals surface area (Å²) in [6.07, 6.45) is 5.53. The van der Waals surface area contributed by atoms with Crippen molar-refractivity contribution in [3.8, 4) is 0 Å². The van der Waals surface area contributed by atoms with Crippen LogP contribution in [0.5, 0.6) is 0 Å². The van der Waals surface area contributed by atoms with E-state index in [4.69, 9.17) is 0 Å². The summed E-state index contributed by atoms with van der Waals surface area (Å²) in [4.78, 5) is 3.37. The minimum absolute atomic E-state index is 0.0407. The third-order valence-corrected chi connectivity index (χ3v) is 6.11. The first-order chi connectivity index (χ1) is 15.2. The van der Waals surface area contributed by atoms with E-state index in [1.165, 1.54) is 19.4 Å². The molecule has 0 radical (unpaired) electrons. The zero-order valence-corrected chi connectivity index (χ0v) is 21.4. The van der Waals surface area contributed by atoms with Crippen LogP contribution in [-0.2, 0) is 27.4 Å². The van der Waals surface area contributed by atoms with Gasteiger partial charge in [0.05, 0.1) is 4.90 Å². The highest BCUT2D eigenvalue weighted by Gasteiger charge is 2.34. The van der Waals surface area contributed by atoms with E-state index in [0.29, 0.717) is 24.2 Å². The molecule has 0 spiro atoms. The lowest BCUT2D eigenvalue weighted by atomic mass is 9.79. The quantitative estimate of drug-likeness (QED) is 0.254. The molecular weight excluding hydrogens is 458 g/mol. The molecule has 4 nitrogen and oxygen atoms in total. The fourth-order valence-electron chi connectivity index (χ4n) is 3.14. The minimum Gasteiger partial charge on any atom is -0.488 e. The van der Waals surface area contributed by atoms with Gasteiger partial charge in [0.1, 0.15) is 30.6 Å². The molecule has 0 aliphatic heterocycles. The molecule has 1 atom stereocenters. The standard InChI is InChI=1S/C12H18FNO2S.C10H13F3O.C2H6/c1-12(2,13)8-4-5-9-10(6-8)14-7-11(9)17(3,15)16;1-7(2)9(13)6-10(8(3)12)14-5-4-11;1-2/h7-8,14H,4-6H2,1-3H3;6H,1,4-5H2,2-3H3;1-2H3/b;9-6+,10-8-;. The van der Waals surface area contributed by atoms with Crippen molar-refractivity contribution in [3.63, 3.8) is 0 Å². The molecule has 33 heavy (non-hydrogen) atoms. The molecule has 1 aromatic heterocycles. The van der Waals surface area contributed by atoms with Gasteiger partial charge >= 0.3 is 0 Å². The number of ether oxygens (including phenoxy) is 1.